The fraction of sp³-hybridized carbons (Fsp3) is 0.200. The molecule has 0 heterocycles. The van der Waals surface area contributed by atoms with Crippen molar-refractivity contribution in [2.45, 2.75) is 13.3 Å². The molecular formula is C10H10. The van der Waals surface area contributed by atoms with Gasteiger partial charge in [-0.2, -0.15) is 0 Å². The standard InChI is InChI=1S/C10H10/c1-3-10-6-4-5-9(2)7-8-10/h1,5-8H,4H2,2H3. The van der Waals surface area contributed by atoms with E-state index < -0.39 is 0 Å². The predicted octanol–water partition coefficient (Wildman–Crippen LogP) is 2.45. The van der Waals surface area contributed by atoms with Crippen molar-refractivity contribution in [3.8, 4) is 12.3 Å². The molecule has 0 radical (unpaired) electrons. The Morgan fingerprint density at radius 3 is 2.90 bits per heavy atom. The second-order valence-electron chi connectivity index (χ2n) is 2.32. The minimum absolute atomic E-state index is 0.957. The minimum atomic E-state index is 0.957. The Bertz CT molecular complexity index is 244. The quantitative estimate of drug-likeness (QED) is 0.442. The van der Waals surface area contributed by atoms with Crippen molar-refractivity contribution >= 4 is 0 Å². The highest BCUT2D eigenvalue weighted by Gasteiger charge is 1.89. The molecule has 1 rings (SSSR count). The molecule has 0 spiro atoms. The molecule has 1 aliphatic rings. The van der Waals surface area contributed by atoms with E-state index in [1.54, 1.807) is 0 Å². The van der Waals surface area contributed by atoms with Gasteiger partial charge in [-0.15, -0.1) is 6.42 Å². The van der Waals surface area contributed by atoms with Crippen LogP contribution >= 0.6 is 0 Å². The Balaban J connectivity index is 2.82. The molecule has 0 amide bonds. The number of allylic oxidation sites excluding steroid dienone is 6. The van der Waals surface area contributed by atoms with E-state index in [2.05, 4.69) is 18.9 Å². The maximum absolute atomic E-state index is 5.23. The zero-order valence-electron chi connectivity index (χ0n) is 6.09. The third-order valence-corrected chi connectivity index (χ3v) is 1.47. The first-order valence-corrected chi connectivity index (χ1v) is 3.34. The monoisotopic (exact) mass is 130 g/mol. The molecular weight excluding hydrogens is 120 g/mol. The summed E-state index contributed by atoms with van der Waals surface area (Å²) < 4.78 is 0. The summed E-state index contributed by atoms with van der Waals surface area (Å²) in [6.07, 6.45) is 14.4. The van der Waals surface area contributed by atoms with Crippen LogP contribution in [0.1, 0.15) is 13.3 Å². The van der Waals surface area contributed by atoms with Crippen molar-refractivity contribution in [1.82, 2.24) is 0 Å². The summed E-state index contributed by atoms with van der Waals surface area (Å²) in [4.78, 5) is 0. The van der Waals surface area contributed by atoms with Gasteiger partial charge in [0.1, 0.15) is 0 Å². The highest BCUT2D eigenvalue weighted by molar-refractivity contribution is 5.41. The molecule has 0 saturated heterocycles. The van der Waals surface area contributed by atoms with Crippen molar-refractivity contribution in [3.05, 3.63) is 35.5 Å². The van der Waals surface area contributed by atoms with Crippen molar-refractivity contribution in [3.63, 3.8) is 0 Å². The van der Waals surface area contributed by atoms with Crippen LogP contribution in [0.5, 0.6) is 0 Å². The molecule has 0 heteroatoms. The molecule has 10 heavy (non-hydrogen) atoms. The lowest BCUT2D eigenvalue weighted by Gasteiger charge is -1.83. The maximum Gasteiger partial charge on any atom is 0.0205 e. The van der Waals surface area contributed by atoms with Crippen LogP contribution in [-0.4, -0.2) is 0 Å². The Labute approximate surface area is 61.9 Å². The highest BCUT2D eigenvalue weighted by atomic mass is 13.9. The molecule has 1 aliphatic carbocycles. The molecule has 0 aromatic rings. The summed E-state index contributed by atoms with van der Waals surface area (Å²) in [5.74, 6) is 2.61. The van der Waals surface area contributed by atoms with Crippen LogP contribution in [0.3, 0.4) is 0 Å². The van der Waals surface area contributed by atoms with Gasteiger partial charge >= 0.3 is 0 Å². The average Bonchev–Trinajstić information content (AvgIpc) is 2.14. The van der Waals surface area contributed by atoms with E-state index in [1.165, 1.54) is 5.57 Å². The molecule has 0 aromatic heterocycles. The van der Waals surface area contributed by atoms with Crippen LogP contribution in [0.25, 0.3) is 0 Å². The van der Waals surface area contributed by atoms with E-state index >= 15 is 0 Å². The maximum atomic E-state index is 5.23. The smallest absolute Gasteiger partial charge is 0.0205 e. The van der Waals surface area contributed by atoms with Gasteiger partial charge in [0.2, 0.25) is 0 Å². The fourth-order valence-electron chi connectivity index (χ4n) is 0.836. The van der Waals surface area contributed by atoms with Gasteiger partial charge in [0.25, 0.3) is 0 Å². The Morgan fingerprint density at radius 1 is 1.40 bits per heavy atom. The zero-order chi connectivity index (χ0) is 7.40. The molecule has 0 aliphatic heterocycles. The summed E-state index contributed by atoms with van der Waals surface area (Å²) in [6.45, 7) is 2.07. The lowest BCUT2D eigenvalue weighted by Crippen LogP contribution is -1.67. The number of rotatable bonds is 0. The molecule has 0 nitrogen and oxygen atoms in total. The van der Waals surface area contributed by atoms with Crippen LogP contribution in [-0.2, 0) is 0 Å². The fourth-order valence-corrected chi connectivity index (χ4v) is 0.836. The number of hydrogen-bond donors (Lipinski definition) is 0. The van der Waals surface area contributed by atoms with Crippen molar-refractivity contribution in [2.24, 2.45) is 0 Å². The number of hydrogen-bond acceptors (Lipinski definition) is 0. The summed E-state index contributed by atoms with van der Waals surface area (Å²) in [5, 5.41) is 0. The van der Waals surface area contributed by atoms with E-state index in [0.717, 1.165) is 12.0 Å². The largest absolute Gasteiger partial charge is 0.115 e. The number of terminal acetylenes is 1. The van der Waals surface area contributed by atoms with E-state index in [4.69, 9.17) is 6.42 Å². The lowest BCUT2D eigenvalue weighted by molar-refractivity contribution is 1.34. The van der Waals surface area contributed by atoms with Gasteiger partial charge in [0.05, 0.1) is 0 Å². The van der Waals surface area contributed by atoms with Gasteiger partial charge < -0.3 is 0 Å². The summed E-state index contributed by atoms with van der Waals surface area (Å²) in [7, 11) is 0. The first kappa shape index (κ1) is 6.89. The van der Waals surface area contributed by atoms with Crippen LogP contribution in [0.4, 0.5) is 0 Å². The van der Waals surface area contributed by atoms with Gasteiger partial charge in [-0.25, -0.2) is 0 Å². The van der Waals surface area contributed by atoms with Crippen molar-refractivity contribution in [1.29, 1.82) is 0 Å². The predicted molar refractivity (Wildman–Crippen MR) is 44.4 cm³/mol. The molecule has 0 N–H and O–H groups in total. The molecule has 0 saturated carbocycles. The van der Waals surface area contributed by atoms with Gasteiger partial charge in [0.15, 0.2) is 0 Å². The average molecular weight is 130 g/mol. The van der Waals surface area contributed by atoms with Crippen LogP contribution in [0.15, 0.2) is 35.5 Å². The van der Waals surface area contributed by atoms with Crippen LogP contribution in [0, 0.1) is 12.3 Å². The van der Waals surface area contributed by atoms with Crippen molar-refractivity contribution < 1.29 is 0 Å². The normalized spacial score (nSPS) is 16.8. The van der Waals surface area contributed by atoms with Crippen LogP contribution in [0.2, 0.25) is 0 Å². The summed E-state index contributed by atoms with van der Waals surface area (Å²) >= 11 is 0. The Hall–Kier alpha value is -1.22. The van der Waals surface area contributed by atoms with Gasteiger partial charge in [-0.1, -0.05) is 29.7 Å². The van der Waals surface area contributed by atoms with Gasteiger partial charge in [0, 0.05) is 5.57 Å². The topological polar surface area (TPSA) is 0 Å². The molecule has 0 aromatic carbocycles. The molecule has 50 valence electrons. The third-order valence-electron chi connectivity index (χ3n) is 1.47. The van der Waals surface area contributed by atoms with E-state index in [-0.39, 0.29) is 0 Å². The van der Waals surface area contributed by atoms with E-state index in [9.17, 15) is 0 Å². The van der Waals surface area contributed by atoms with Crippen molar-refractivity contribution in [2.75, 3.05) is 0 Å². The molecule has 0 unspecified atom stereocenters. The lowest BCUT2D eigenvalue weighted by atomic mass is 10.2. The SMILES string of the molecule is C#CC1=CCC=C(C)C=C1. The molecule has 0 fully saturated rings. The molecule has 0 bridgehead atoms. The second-order valence-corrected chi connectivity index (χ2v) is 2.32. The van der Waals surface area contributed by atoms with E-state index in [1.807, 2.05) is 18.2 Å². The third kappa shape index (κ3) is 1.63. The molecule has 0 atom stereocenters. The highest BCUT2D eigenvalue weighted by Crippen LogP contribution is 2.08. The summed E-state index contributed by atoms with van der Waals surface area (Å²) in [5.41, 5.74) is 2.26. The first-order valence-electron chi connectivity index (χ1n) is 3.34. The van der Waals surface area contributed by atoms with E-state index in [0.29, 0.717) is 0 Å². The minimum Gasteiger partial charge on any atom is -0.115 e. The van der Waals surface area contributed by atoms with Crippen LogP contribution < -0.4 is 0 Å². The Kier molecular flexibility index (Phi) is 2.12. The van der Waals surface area contributed by atoms with Gasteiger partial charge in [-0.05, 0) is 19.4 Å². The van der Waals surface area contributed by atoms with Gasteiger partial charge in [-0.3, -0.25) is 0 Å². The first-order chi connectivity index (χ1) is 4.83. The Morgan fingerprint density at radius 2 is 2.20 bits per heavy atom. The summed E-state index contributed by atoms with van der Waals surface area (Å²) in [6, 6.07) is 0. The second kappa shape index (κ2) is 3.08. The zero-order valence-corrected chi connectivity index (χ0v) is 6.09.